The summed E-state index contributed by atoms with van der Waals surface area (Å²) in [6.07, 6.45) is 4.64. The Hall–Kier alpha value is -1.87. The fourth-order valence-corrected chi connectivity index (χ4v) is 2.83. The Labute approximate surface area is 127 Å². The van der Waals surface area contributed by atoms with Gasteiger partial charge in [-0.3, -0.25) is 4.98 Å². The van der Waals surface area contributed by atoms with Crippen molar-refractivity contribution in [3.63, 3.8) is 0 Å². The lowest BCUT2D eigenvalue weighted by Crippen LogP contribution is -2.24. The summed E-state index contributed by atoms with van der Waals surface area (Å²) in [6.45, 7) is 7.30. The van der Waals surface area contributed by atoms with Gasteiger partial charge in [-0.05, 0) is 55.6 Å². The summed E-state index contributed by atoms with van der Waals surface area (Å²) in [5, 5.41) is 3.57. The summed E-state index contributed by atoms with van der Waals surface area (Å²) in [4.78, 5) is 4.21. The highest BCUT2D eigenvalue weighted by atomic mass is 16.5. The van der Waals surface area contributed by atoms with Gasteiger partial charge in [0.15, 0.2) is 0 Å². The van der Waals surface area contributed by atoms with Gasteiger partial charge in [-0.2, -0.15) is 0 Å². The van der Waals surface area contributed by atoms with Crippen LogP contribution in [0.5, 0.6) is 5.75 Å². The highest BCUT2D eigenvalue weighted by Crippen LogP contribution is 2.32. The number of benzene rings is 1. The zero-order valence-electron chi connectivity index (χ0n) is 13.3. The molecule has 3 heteroatoms. The number of aryl methyl sites for hydroxylation is 2. The number of likely N-dealkylation sites (N-methyl/N-ethyl adjacent to an activating group) is 1. The Bertz CT molecular complexity index is 581. The monoisotopic (exact) mass is 284 g/mol. The fourth-order valence-electron chi connectivity index (χ4n) is 2.83. The lowest BCUT2D eigenvalue weighted by molar-refractivity contribution is 0.398. The van der Waals surface area contributed by atoms with Crippen LogP contribution in [0.3, 0.4) is 0 Å². The Balaban J connectivity index is 2.38. The molecule has 1 N–H and O–H groups in total. The summed E-state index contributed by atoms with van der Waals surface area (Å²) in [5.74, 6) is 0.961. The van der Waals surface area contributed by atoms with E-state index in [1.807, 2.05) is 18.5 Å². The number of nitrogens with one attached hydrogen (secondary N) is 1. The van der Waals surface area contributed by atoms with Crippen LogP contribution in [0.1, 0.15) is 35.2 Å². The summed E-state index contributed by atoms with van der Waals surface area (Å²) >= 11 is 0. The molecule has 3 nitrogen and oxygen atoms in total. The number of rotatable bonds is 6. The van der Waals surface area contributed by atoms with Gasteiger partial charge in [0, 0.05) is 24.0 Å². The maximum Gasteiger partial charge on any atom is 0.124 e. The van der Waals surface area contributed by atoms with Crippen molar-refractivity contribution in [1.29, 1.82) is 0 Å². The first kappa shape index (κ1) is 15.5. The second-order valence-corrected chi connectivity index (χ2v) is 5.37. The molecule has 21 heavy (non-hydrogen) atoms. The Kier molecular flexibility index (Phi) is 5.34. The van der Waals surface area contributed by atoms with Crippen molar-refractivity contribution < 1.29 is 4.74 Å². The molecule has 1 aromatic heterocycles. The first-order valence-electron chi connectivity index (χ1n) is 7.43. The van der Waals surface area contributed by atoms with Crippen molar-refractivity contribution in [3.8, 4) is 5.75 Å². The third kappa shape index (κ3) is 3.82. The van der Waals surface area contributed by atoms with E-state index in [9.17, 15) is 0 Å². The van der Waals surface area contributed by atoms with Crippen LogP contribution in [0.2, 0.25) is 0 Å². The normalized spacial score (nSPS) is 12.2. The van der Waals surface area contributed by atoms with Crippen molar-refractivity contribution in [2.75, 3.05) is 13.7 Å². The van der Waals surface area contributed by atoms with E-state index in [4.69, 9.17) is 4.74 Å². The molecular weight excluding hydrogens is 260 g/mol. The van der Waals surface area contributed by atoms with Crippen molar-refractivity contribution in [3.05, 3.63) is 58.9 Å². The van der Waals surface area contributed by atoms with Gasteiger partial charge in [0.05, 0.1) is 7.11 Å². The highest BCUT2D eigenvalue weighted by molar-refractivity contribution is 5.45. The Morgan fingerprint density at radius 1 is 1.29 bits per heavy atom. The molecule has 1 aromatic carbocycles. The van der Waals surface area contributed by atoms with E-state index >= 15 is 0 Å². The highest BCUT2D eigenvalue weighted by Gasteiger charge is 2.18. The van der Waals surface area contributed by atoms with E-state index in [0.29, 0.717) is 0 Å². The van der Waals surface area contributed by atoms with Crippen LogP contribution in [0.15, 0.2) is 36.7 Å². The van der Waals surface area contributed by atoms with E-state index in [1.54, 1.807) is 7.11 Å². The molecule has 0 saturated heterocycles. The number of hydrogen-bond donors (Lipinski definition) is 1. The average Bonchev–Trinajstić information content (AvgIpc) is 2.47. The molecule has 1 atom stereocenters. The lowest BCUT2D eigenvalue weighted by Gasteiger charge is -2.23. The van der Waals surface area contributed by atoms with E-state index in [0.717, 1.165) is 18.7 Å². The third-order valence-electron chi connectivity index (χ3n) is 3.67. The molecule has 0 saturated carbocycles. The SMILES string of the molecule is CCNC(Cc1cccnc1)c1c(C)cc(C)cc1OC. The minimum Gasteiger partial charge on any atom is -0.496 e. The Morgan fingerprint density at radius 2 is 2.10 bits per heavy atom. The van der Waals surface area contributed by atoms with Crippen molar-refractivity contribution in [1.82, 2.24) is 10.3 Å². The minimum atomic E-state index is 0.231. The van der Waals surface area contributed by atoms with Crippen LogP contribution in [0.4, 0.5) is 0 Å². The van der Waals surface area contributed by atoms with Gasteiger partial charge in [-0.25, -0.2) is 0 Å². The molecule has 1 heterocycles. The van der Waals surface area contributed by atoms with Crippen LogP contribution in [-0.2, 0) is 6.42 Å². The molecule has 0 spiro atoms. The number of nitrogens with zero attached hydrogens (tertiary/aromatic N) is 1. The second-order valence-electron chi connectivity index (χ2n) is 5.37. The average molecular weight is 284 g/mol. The molecular formula is C18H24N2O. The number of aromatic nitrogens is 1. The van der Waals surface area contributed by atoms with E-state index < -0.39 is 0 Å². The van der Waals surface area contributed by atoms with Crippen molar-refractivity contribution >= 4 is 0 Å². The van der Waals surface area contributed by atoms with Crippen molar-refractivity contribution in [2.45, 2.75) is 33.2 Å². The minimum absolute atomic E-state index is 0.231. The summed E-state index contributed by atoms with van der Waals surface area (Å²) in [7, 11) is 1.74. The van der Waals surface area contributed by atoms with Crippen LogP contribution < -0.4 is 10.1 Å². The van der Waals surface area contributed by atoms with Crippen molar-refractivity contribution in [2.24, 2.45) is 0 Å². The van der Waals surface area contributed by atoms with Gasteiger partial charge in [-0.15, -0.1) is 0 Å². The molecule has 1 unspecified atom stereocenters. The largest absolute Gasteiger partial charge is 0.496 e. The summed E-state index contributed by atoms with van der Waals surface area (Å²) in [6, 6.07) is 8.65. The number of pyridine rings is 1. The number of ether oxygens (including phenoxy) is 1. The van der Waals surface area contributed by atoms with E-state index in [2.05, 4.69) is 49.3 Å². The quantitative estimate of drug-likeness (QED) is 0.880. The topological polar surface area (TPSA) is 34.2 Å². The number of hydrogen-bond acceptors (Lipinski definition) is 3. The molecule has 0 aliphatic carbocycles. The van der Waals surface area contributed by atoms with Gasteiger partial charge in [0.25, 0.3) is 0 Å². The smallest absolute Gasteiger partial charge is 0.124 e. The molecule has 2 rings (SSSR count). The standard InChI is InChI=1S/C18H24N2O/c1-5-20-16(11-15-7-6-8-19-12-15)18-14(3)9-13(2)10-17(18)21-4/h6-10,12,16,20H,5,11H2,1-4H3. The van der Waals surface area contributed by atoms with Crippen LogP contribution in [-0.4, -0.2) is 18.6 Å². The zero-order valence-corrected chi connectivity index (χ0v) is 13.3. The Morgan fingerprint density at radius 3 is 2.71 bits per heavy atom. The first-order valence-corrected chi connectivity index (χ1v) is 7.43. The molecule has 0 amide bonds. The van der Waals surface area contributed by atoms with Gasteiger partial charge < -0.3 is 10.1 Å². The molecule has 112 valence electrons. The number of methoxy groups -OCH3 is 1. The maximum absolute atomic E-state index is 5.62. The van der Waals surface area contributed by atoms with Gasteiger partial charge in [0.1, 0.15) is 5.75 Å². The van der Waals surface area contributed by atoms with E-state index in [1.165, 1.54) is 22.3 Å². The molecule has 0 radical (unpaired) electrons. The maximum atomic E-state index is 5.62. The van der Waals surface area contributed by atoms with Gasteiger partial charge in [0.2, 0.25) is 0 Å². The first-order chi connectivity index (χ1) is 10.2. The second kappa shape index (κ2) is 7.23. The van der Waals surface area contributed by atoms with Gasteiger partial charge >= 0.3 is 0 Å². The van der Waals surface area contributed by atoms with E-state index in [-0.39, 0.29) is 6.04 Å². The van der Waals surface area contributed by atoms with Gasteiger partial charge in [-0.1, -0.05) is 19.1 Å². The predicted molar refractivity (Wildman–Crippen MR) is 86.8 cm³/mol. The fraction of sp³-hybridized carbons (Fsp3) is 0.389. The summed E-state index contributed by atoms with van der Waals surface area (Å²) in [5.41, 5.74) is 4.96. The summed E-state index contributed by atoms with van der Waals surface area (Å²) < 4.78 is 5.62. The molecule has 0 fully saturated rings. The molecule has 2 aromatic rings. The lowest BCUT2D eigenvalue weighted by atomic mass is 9.93. The predicted octanol–water partition coefficient (Wildman–Crippen LogP) is 3.60. The molecule has 0 bridgehead atoms. The third-order valence-corrected chi connectivity index (χ3v) is 3.67. The molecule has 0 aliphatic rings. The molecule has 0 aliphatic heterocycles. The van der Waals surface area contributed by atoms with Crippen LogP contribution >= 0.6 is 0 Å². The zero-order chi connectivity index (χ0) is 15.2. The van der Waals surface area contributed by atoms with Crippen LogP contribution in [0.25, 0.3) is 0 Å². The van der Waals surface area contributed by atoms with Crippen LogP contribution in [0, 0.1) is 13.8 Å².